The van der Waals surface area contributed by atoms with Crippen LogP contribution in [0.3, 0.4) is 0 Å². The van der Waals surface area contributed by atoms with Crippen LogP contribution in [-0.2, 0) is 19.2 Å². The van der Waals surface area contributed by atoms with Gasteiger partial charge in [0.25, 0.3) is 0 Å². The average molecular weight is 370 g/mol. The van der Waals surface area contributed by atoms with Crippen molar-refractivity contribution >= 4 is 23.5 Å². The maximum atomic E-state index is 11.2. The zero-order valence-electron chi connectivity index (χ0n) is 15.8. The highest BCUT2D eigenvalue weighted by Crippen LogP contribution is 2.13. The summed E-state index contributed by atoms with van der Waals surface area (Å²) < 4.78 is 0. The number of ketones is 2. The molecule has 0 aliphatic rings. The molecule has 0 bridgehead atoms. The number of aliphatic carboxylic acids is 2. The van der Waals surface area contributed by atoms with Gasteiger partial charge in [0.15, 0.2) is 0 Å². The van der Waals surface area contributed by atoms with Gasteiger partial charge in [-0.05, 0) is 12.8 Å². The number of carbonyl (C=O) groups excluding carboxylic acids is 2. The monoisotopic (exact) mass is 370 g/mol. The van der Waals surface area contributed by atoms with Crippen LogP contribution in [0.25, 0.3) is 0 Å². The molecule has 0 aliphatic carbocycles. The second kappa shape index (κ2) is 16.7. The Bertz CT molecular complexity index is 390. The third-order valence-electron chi connectivity index (χ3n) is 4.36. The van der Waals surface area contributed by atoms with Crippen LogP contribution in [0.4, 0.5) is 0 Å². The molecule has 0 saturated carbocycles. The van der Waals surface area contributed by atoms with Crippen molar-refractivity contribution < 1.29 is 29.4 Å². The largest absolute Gasteiger partial charge is 0.481 e. The molecule has 0 aromatic carbocycles. The van der Waals surface area contributed by atoms with E-state index >= 15 is 0 Å². The number of rotatable bonds is 19. The fraction of sp³-hybridized carbons (Fsp3) is 0.800. The molecule has 0 aromatic rings. The fourth-order valence-corrected chi connectivity index (χ4v) is 2.93. The molecular formula is C20H34O6. The minimum Gasteiger partial charge on any atom is -0.481 e. The molecule has 0 amide bonds. The summed E-state index contributed by atoms with van der Waals surface area (Å²) in [4.78, 5) is 43.1. The van der Waals surface area contributed by atoms with Gasteiger partial charge in [0.1, 0.15) is 24.4 Å². The number of hydrogen-bond acceptors (Lipinski definition) is 4. The Morgan fingerprint density at radius 3 is 0.885 bits per heavy atom. The van der Waals surface area contributed by atoms with Gasteiger partial charge in [0.05, 0.1) is 0 Å². The van der Waals surface area contributed by atoms with Crippen LogP contribution in [0.5, 0.6) is 0 Å². The van der Waals surface area contributed by atoms with E-state index in [9.17, 15) is 19.2 Å². The van der Waals surface area contributed by atoms with E-state index < -0.39 is 11.9 Å². The van der Waals surface area contributed by atoms with Crippen molar-refractivity contribution in [1.82, 2.24) is 0 Å². The lowest BCUT2D eigenvalue weighted by atomic mass is 10.0. The molecule has 0 spiro atoms. The lowest BCUT2D eigenvalue weighted by Gasteiger charge is -2.03. The van der Waals surface area contributed by atoms with E-state index in [2.05, 4.69) is 0 Å². The first-order chi connectivity index (χ1) is 12.4. The molecule has 26 heavy (non-hydrogen) atoms. The smallest absolute Gasteiger partial charge is 0.310 e. The molecule has 6 heteroatoms. The second-order valence-electron chi connectivity index (χ2n) is 6.96. The number of carboxylic acids is 2. The molecule has 0 rings (SSSR count). The Balaban J connectivity index is 3.20. The SMILES string of the molecule is O=C(O)CC(=O)CCCCCCCCCCCCCCC(=O)CC(=O)O. The molecule has 0 aliphatic heterocycles. The average Bonchev–Trinajstić information content (AvgIpc) is 2.53. The molecule has 0 radical (unpaired) electrons. The van der Waals surface area contributed by atoms with Crippen LogP contribution in [0, 0.1) is 0 Å². The maximum Gasteiger partial charge on any atom is 0.310 e. The summed E-state index contributed by atoms with van der Waals surface area (Å²) in [6, 6.07) is 0. The van der Waals surface area contributed by atoms with Gasteiger partial charge >= 0.3 is 11.9 Å². The van der Waals surface area contributed by atoms with E-state index in [0.717, 1.165) is 38.5 Å². The van der Waals surface area contributed by atoms with Gasteiger partial charge in [0, 0.05) is 12.8 Å². The van der Waals surface area contributed by atoms with Crippen LogP contribution in [-0.4, -0.2) is 33.7 Å². The van der Waals surface area contributed by atoms with E-state index in [-0.39, 0.29) is 24.4 Å². The summed E-state index contributed by atoms with van der Waals surface area (Å²) in [5.74, 6) is -2.43. The van der Waals surface area contributed by atoms with Crippen LogP contribution < -0.4 is 0 Å². The Morgan fingerprint density at radius 1 is 0.423 bits per heavy atom. The lowest BCUT2D eigenvalue weighted by Crippen LogP contribution is -2.05. The van der Waals surface area contributed by atoms with Crippen LogP contribution in [0.2, 0.25) is 0 Å². The summed E-state index contributed by atoms with van der Waals surface area (Å²) in [7, 11) is 0. The van der Waals surface area contributed by atoms with Gasteiger partial charge < -0.3 is 10.2 Å². The molecule has 0 saturated heterocycles. The standard InChI is InChI=1S/C20H34O6/c21-17(15-19(23)24)13-11-9-7-5-3-1-2-4-6-8-10-12-14-18(22)16-20(25)26/h1-16H2,(H,23,24)(H,25,26). The highest BCUT2D eigenvalue weighted by molar-refractivity contribution is 5.95. The predicted molar refractivity (Wildman–Crippen MR) is 99.2 cm³/mol. The molecule has 0 heterocycles. The molecule has 0 atom stereocenters. The Hall–Kier alpha value is -1.72. The van der Waals surface area contributed by atoms with Crippen molar-refractivity contribution in [2.24, 2.45) is 0 Å². The maximum absolute atomic E-state index is 11.2. The van der Waals surface area contributed by atoms with Gasteiger partial charge in [0.2, 0.25) is 0 Å². The highest BCUT2D eigenvalue weighted by Gasteiger charge is 2.07. The van der Waals surface area contributed by atoms with Gasteiger partial charge in [-0.25, -0.2) is 0 Å². The summed E-state index contributed by atoms with van der Waals surface area (Å²) in [6.45, 7) is 0. The van der Waals surface area contributed by atoms with Crippen molar-refractivity contribution in [2.75, 3.05) is 0 Å². The van der Waals surface area contributed by atoms with Crippen LogP contribution in [0.15, 0.2) is 0 Å². The third-order valence-corrected chi connectivity index (χ3v) is 4.36. The summed E-state index contributed by atoms with van der Waals surface area (Å²) >= 11 is 0. The minimum atomic E-state index is -1.04. The van der Waals surface area contributed by atoms with E-state index in [0.29, 0.717) is 12.8 Å². The Kier molecular flexibility index (Phi) is 15.6. The summed E-state index contributed by atoms with van der Waals surface area (Å²) in [5.41, 5.74) is 0. The molecular weight excluding hydrogens is 336 g/mol. The topological polar surface area (TPSA) is 109 Å². The summed E-state index contributed by atoms with van der Waals surface area (Å²) in [6.07, 6.45) is 13.0. The zero-order chi connectivity index (χ0) is 19.6. The van der Waals surface area contributed by atoms with E-state index in [1.54, 1.807) is 0 Å². The van der Waals surface area contributed by atoms with Crippen molar-refractivity contribution in [1.29, 1.82) is 0 Å². The van der Waals surface area contributed by atoms with Crippen molar-refractivity contribution in [3.8, 4) is 0 Å². The Morgan fingerprint density at radius 2 is 0.654 bits per heavy atom. The highest BCUT2D eigenvalue weighted by atomic mass is 16.4. The number of carboxylic acid groups (broad SMARTS) is 2. The second-order valence-corrected chi connectivity index (χ2v) is 6.96. The van der Waals surface area contributed by atoms with Gasteiger partial charge in [-0.2, -0.15) is 0 Å². The van der Waals surface area contributed by atoms with E-state index in [1.807, 2.05) is 0 Å². The predicted octanol–water partition coefficient (Wildman–Crippen LogP) is 4.54. The minimum absolute atomic E-state index is 0.177. The van der Waals surface area contributed by atoms with Crippen molar-refractivity contribution in [2.45, 2.75) is 103 Å². The zero-order valence-corrected chi connectivity index (χ0v) is 15.8. The van der Waals surface area contributed by atoms with E-state index in [1.165, 1.54) is 38.5 Å². The fourth-order valence-electron chi connectivity index (χ4n) is 2.93. The first kappa shape index (κ1) is 24.3. The van der Waals surface area contributed by atoms with E-state index in [4.69, 9.17) is 10.2 Å². The van der Waals surface area contributed by atoms with Gasteiger partial charge in [-0.15, -0.1) is 0 Å². The normalized spacial score (nSPS) is 10.6. The van der Waals surface area contributed by atoms with Crippen LogP contribution >= 0.6 is 0 Å². The van der Waals surface area contributed by atoms with Crippen LogP contribution in [0.1, 0.15) is 103 Å². The quantitative estimate of drug-likeness (QED) is 0.255. The lowest BCUT2D eigenvalue weighted by molar-refractivity contribution is -0.141. The molecule has 6 nitrogen and oxygen atoms in total. The molecule has 0 aromatic heterocycles. The molecule has 0 unspecified atom stereocenters. The van der Waals surface area contributed by atoms with Gasteiger partial charge in [-0.1, -0.05) is 64.2 Å². The number of hydrogen-bond donors (Lipinski definition) is 2. The first-order valence-corrected chi connectivity index (χ1v) is 9.89. The number of carbonyl (C=O) groups is 4. The molecule has 0 fully saturated rings. The molecule has 2 N–H and O–H groups in total. The van der Waals surface area contributed by atoms with Gasteiger partial charge in [-0.3, -0.25) is 19.2 Å². The summed E-state index contributed by atoms with van der Waals surface area (Å²) in [5, 5.41) is 17.0. The number of unbranched alkanes of at least 4 members (excludes halogenated alkanes) is 11. The van der Waals surface area contributed by atoms with Crippen molar-refractivity contribution in [3.05, 3.63) is 0 Å². The molecule has 150 valence electrons. The Labute approximate surface area is 156 Å². The number of Topliss-reactive ketones (excluding diaryl/α,β-unsaturated/α-hetero) is 2. The van der Waals surface area contributed by atoms with Crippen molar-refractivity contribution in [3.63, 3.8) is 0 Å². The third kappa shape index (κ3) is 18.6. The first-order valence-electron chi connectivity index (χ1n) is 9.89.